The molecule has 0 atom stereocenters. The first-order valence-corrected chi connectivity index (χ1v) is 11.0. The molecule has 168 valence electrons. The van der Waals surface area contributed by atoms with E-state index in [1.54, 1.807) is 6.07 Å². The van der Waals surface area contributed by atoms with E-state index in [1.165, 1.54) is 12.4 Å². The van der Waals surface area contributed by atoms with E-state index in [9.17, 15) is 4.79 Å². The summed E-state index contributed by atoms with van der Waals surface area (Å²) in [5.74, 6) is 0.817. The van der Waals surface area contributed by atoms with Crippen LogP contribution in [0.3, 0.4) is 0 Å². The van der Waals surface area contributed by atoms with Crippen molar-refractivity contribution in [3.8, 4) is 11.5 Å². The molecule has 3 aromatic heterocycles. The highest BCUT2D eigenvalue weighted by atomic mass is 16.5. The van der Waals surface area contributed by atoms with Crippen LogP contribution < -0.4 is 15.5 Å². The number of amides is 1. The minimum Gasteiger partial charge on any atom is -0.436 e. The Hall–Kier alpha value is -3.72. The first kappa shape index (κ1) is 16.8. The van der Waals surface area contributed by atoms with Gasteiger partial charge in [0.15, 0.2) is 5.58 Å². The molecule has 9 nitrogen and oxygen atoms in total. The third-order valence-electron chi connectivity index (χ3n) is 6.07. The number of morpholine rings is 1. The van der Waals surface area contributed by atoms with Crippen LogP contribution in [0, 0.1) is 5.92 Å². The average molecular weight is 448 g/mol. The molecule has 33 heavy (non-hydrogen) atoms. The van der Waals surface area contributed by atoms with E-state index in [1.807, 2.05) is 18.2 Å². The van der Waals surface area contributed by atoms with Crippen LogP contribution in [0.1, 0.15) is 17.0 Å². The van der Waals surface area contributed by atoms with Crippen LogP contribution in [0.4, 0.5) is 17.3 Å². The monoisotopic (exact) mass is 447 g/mol. The van der Waals surface area contributed by atoms with E-state index < -0.39 is 6.98 Å². The number of hydrogen-bond donors (Lipinski definition) is 2. The lowest BCUT2D eigenvalue weighted by atomic mass is 10.1. The number of ether oxygens (including phenoxy) is 1. The summed E-state index contributed by atoms with van der Waals surface area (Å²) in [5, 5.41) is 6.39. The van der Waals surface area contributed by atoms with E-state index in [-0.39, 0.29) is 17.6 Å². The first-order chi connectivity index (χ1) is 17.3. The predicted molar refractivity (Wildman–Crippen MR) is 126 cm³/mol. The maximum atomic E-state index is 12.3. The van der Waals surface area contributed by atoms with Gasteiger partial charge in [-0.15, -0.1) is 0 Å². The summed E-state index contributed by atoms with van der Waals surface area (Å²) in [4.78, 5) is 27.9. The van der Waals surface area contributed by atoms with Crippen molar-refractivity contribution in [1.29, 1.82) is 0 Å². The summed E-state index contributed by atoms with van der Waals surface area (Å²) in [6, 6.07) is 7.57. The maximum Gasteiger partial charge on any atom is 0.229 e. The van der Waals surface area contributed by atoms with Gasteiger partial charge in [-0.1, -0.05) is 0 Å². The molecule has 1 aliphatic heterocycles. The van der Waals surface area contributed by atoms with Crippen molar-refractivity contribution in [2.75, 3.05) is 48.8 Å². The van der Waals surface area contributed by atoms with Gasteiger partial charge in [0.2, 0.25) is 11.8 Å². The number of benzene rings is 1. The zero-order chi connectivity index (χ0) is 24.9. The second kappa shape index (κ2) is 8.00. The van der Waals surface area contributed by atoms with Crippen LogP contribution >= 0.6 is 0 Å². The van der Waals surface area contributed by atoms with Crippen LogP contribution in [0.15, 0.2) is 41.1 Å². The highest BCUT2D eigenvalue weighted by Gasteiger charge is 2.30. The molecule has 2 aliphatic rings. The Labute approximate surface area is 194 Å². The molecule has 1 saturated carbocycles. The van der Waals surface area contributed by atoms with Crippen molar-refractivity contribution in [2.24, 2.45) is 5.92 Å². The summed E-state index contributed by atoms with van der Waals surface area (Å²) in [7, 11) is 0. The molecule has 0 bridgehead atoms. The summed E-state index contributed by atoms with van der Waals surface area (Å²) < 4.78 is 34.3. The number of hydrogen-bond acceptors (Lipinski definition) is 8. The first-order valence-electron chi connectivity index (χ1n) is 12.5. The number of nitrogens with zero attached hydrogens (tertiary/aromatic N) is 4. The second-order valence-electron chi connectivity index (χ2n) is 8.29. The zero-order valence-corrected chi connectivity index (χ0v) is 17.8. The number of carbonyl (C=O) groups excluding carboxylic acids is 1. The Kier molecular flexibility index (Phi) is 4.09. The SMILES string of the molecule is [2H]C([2H])([2H])Nc1ncc(-c2nc3cc(N4CCOCC4)ccc3o2)c2cc(NC(=O)C3CC3)ncc12. The number of rotatable bonds is 5. The number of aromatic nitrogens is 3. The summed E-state index contributed by atoms with van der Waals surface area (Å²) >= 11 is 0. The van der Waals surface area contributed by atoms with Crippen molar-refractivity contribution in [1.82, 2.24) is 15.0 Å². The van der Waals surface area contributed by atoms with Gasteiger partial charge < -0.3 is 24.7 Å². The second-order valence-corrected chi connectivity index (χ2v) is 8.29. The third-order valence-corrected chi connectivity index (χ3v) is 6.07. The molecule has 1 amide bonds. The Bertz CT molecular complexity index is 1460. The minimum absolute atomic E-state index is 0.0184. The molecular formula is C24H24N6O3. The van der Waals surface area contributed by atoms with Gasteiger partial charge in [-0.2, -0.15) is 0 Å². The molecule has 0 unspecified atom stereocenters. The quantitative estimate of drug-likeness (QED) is 0.478. The van der Waals surface area contributed by atoms with Crippen molar-refractivity contribution in [3.05, 3.63) is 36.7 Å². The standard InChI is InChI=1S/C24H24N6O3/c1-25-22-17-12-26-21(29-23(31)14-2-3-14)11-16(17)18(13-27-22)24-28-19-10-15(4-5-20(19)33-24)30-6-8-32-9-7-30/h4-5,10-14H,2-3,6-9H2,1H3,(H,25,27)(H,26,29,31)/i1D3. The lowest BCUT2D eigenvalue weighted by molar-refractivity contribution is -0.117. The normalized spacial score (nSPS) is 18.1. The van der Waals surface area contributed by atoms with Crippen molar-refractivity contribution < 1.29 is 18.1 Å². The average Bonchev–Trinajstić information content (AvgIpc) is 3.63. The van der Waals surface area contributed by atoms with Gasteiger partial charge in [0.05, 0.1) is 18.8 Å². The Balaban J connectivity index is 1.42. The lowest BCUT2D eigenvalue weighted by Gasteiger charge is -2.28. The topological polar surface area (TPSA) is 105 Å². The van der Waals surface area contributed by atoms with E-state index in [2.05, 4.69) is 25.5 Å². The molecule has 4 aromatic rings. The fraction of sp³-hybridized carbons (Fsp3) is 0.333. The van der Waals surface area contributed by atoms with E-state index in [0.717, 1.165) is 31.6 Å². The minimum atomic E-state index is -2.44. The largest absolute Gasteiger partial charge is 0.436 e. The fourth-order valence-corrected chi connectivity index (χ4v) is 4.10. The third kappa shape index (κ3) is 3.74. The van der Waals surface area contributed by atoms with Gasteiger partial charge in [0.25, 0.3) is 0 Å². The predicted octanol–water partition coefficient (Wildman–Crippen LogP) is 3.66. The Morgan fingerprint density at radius 1 is 1.15 bits per heavy atom. The van der Waals surface area contributed by atoms with Crippen molar-refractivity contribution >= 4 is 45.1 Å². The molecule has 9 heteroatoms. The molecule has 0 spiro atoms. The molecule has 6 rings (SSSR count). The van der Waals surface area contributed by atoms with Crippen molar-refractivity contribution in [3.63, 3.8) is 0 Å². The van der Waals surface area contributed by atoms with Gasteiger partial charge in [-0.3, -0.25) is 4.79 Å². The van der Waals surface area contributed by atoms with Crippen LogP contribution in [0.2, 0.25) is 0 Å². The number of oxazole rings is 1. The maximum absolute atomic E-state index is 12.3. The molecule has 2 N–H and O–H groups in total. The van der Waals surface area contributed by atoms with Crippen molar-refractivity contribution in [2.45, 2.75) is 12.8 Å². The number of fused-ring (bicyclic) bond motifs is 2. The highest BCUT2D eigenvalue weighted by Crippen LogP contribution is 2.35. The molecular weight excluding hydrogens is 420 g/mol. The number of carbonyl (C=O) groups is 1. The molecule has 1 saturated heterocycles. The zero-order valence-electron chi connectivity index (χ0n) is 20.8. The number of pyridine rings is 2. The Morgan fingerprint density at radius 3 is 2.85 bits per heavy atom. The molecule has 2 fully saturated rings. The highest BCUT2D eigenvalue weighted by molar-refractivity contribution is 6.03. The van der Waals surface area contributed by atoms with Gasteiger partial charge in [0, 0.05) is 58.9 Å². The van der Waals surface area contributed by atoms with Gasteiger partial charge in [-0.05, 0) is 37.1 Å². The smallest absolute Gasteiger partial charge is 0.229 e. The van der Waals surface area contributed by atoms with Crippen LogP contribution in [0.5, 0.6) is 0 Å². The van der Waals surface area contributed by atoms with Crippen LogP contribution in [0.25, 0.3) is 33.3 Å². The van der Waals surface area contributed by atoms with Gasteiger partial charge in [-0.25, -0.2) is 15.0 Å². The molecule has 4 heterocycles. The van der Waals surface area contributed by atoms with E-state index in [0.29, 0.717) is 52.4 Å². The summed E-state index contributed by atoms with van der Waals surface area (Å²) in [6.07, 6.45) is 4.77. The lowest BCUT2D eigenvalue weighted by Crippen LogP contribution is -2.36. The number of anilines is 3. The summed E-state index contributed by atoms with van der Waals surface area (Å²) in [5.41, 5.74) is 2.92. The molecule has 0 radical (unpaired) electrons. The number of nitrogens with one attached hydrogen (secondary N) is 2. The van der Waals surface area contributed by atoms with Crippen LogP contribution in [-0.2, 0) is 9.53 Å². The van der Waals surface area contributed by atoms with Gasteiger partial charge in [0.1, 0.15) is 17.2 Å². The van der Waals surface area contributed by atoms with E-state index in [4.69, 9.17) is 18.3 Å². The van der Waals surface area contributed by atoms with Gasteiger partial charge >= 0.3 is 0 Å². The molecule has 1 aliphatic carbocycles. The summed E-state index contributed by atoms with van der Waals surface area (Å²) in [6.45, 7) is 0.554. The Morgan fingerprint density at radius 2 is 2.03 bits per heavy atom. The fourth-order valence-electron chi connectivity index (χ4n) is 4.10. The van der Waals surface area contributed by atoms with Crippen LogP contribution in [-0.4, -0.2) is 54.1 Å². The van der Waals surface area contributed by atoms with E-state index >= 15 is 0 Å². The molecule has 1 aromatic carbocycles.